The van der Waals surface area contributed by atoms with Gasteiger partial charge in [0.25, 0.3) is 0 Å². The van der Waals surface area contributed by atoms with Crippen LogP contribution in [0, 0.1) is 12.3 Å². The zero-order valence-corrected chi connectivity index (χ0v) is 15.4. The van der Waals surface area contributed by atoms with Crippen LogP contribution in [0.1, 0.15) is 57.1 Å². The second-order valence-electron chi connectivity index (χ2n) is 7.80. The molecule has 0 bridgehead atoms. The van der Waals surface area contributed by atoms with E-state index < -0.39 is 29.2 Å². The smallest absolute Gasteiger partial charge is 0.331 e. The van der Waals surface area contributed by atoms with Crippen molar-refractivity contribution in [3.8, 4) is 0 Å². The average molecular weight is 346 g/mol. The average Bonchev–Trinajstić information content (AvgIpc) is 2.86. The normalized spacial score (nSPS) is 33.8. The SMILES string of the molecule is CC(C)=CC(=O)O[C@H]1CC=C2Cc3occ(C)c3[C@@H](O)[C@]2(C)[C@]1(C)O. The van der Waals surface area contributed by atoms with E-state index in [-0.39, 0.29) is 0 Å². The highest BCUT2D eigenvalue weighted by molar-refractivity contribution is 5.82. The van der Waals surface area contributed by atoms with E-state index in [4.69, 9.17) is 9.15 Å². The van der Waals surface area contributed by atoms with Crippen molar-refractivity contribution in [2.24, 2.45) is 5.41 Å². The molecule has 1 heterocycles. The van der Waals surface area contributed by atoms with Gasteiger partial charge in [0.1, 0.15) is 17.5 Å². The molecule has 0 saturated carbocycles. The summed E-state index contributed by atoms with van der Waals surface area (Å²) in [6.45, 7) is 8.98. The van der Waals surface area contributed by atoms with Crippen molar-refractivity contribution in [3.63, 3.8) is 0 Å². The van der Waals surface area contributed by atoms with Crippen LogP contribution in [-0.4, -0.2) is 27.9 Å². The lowest BCUT2D eigenvalue weighted by Crippen LogP contribution is -2.60. The number of hydrogen-bond acceptors (Lipinski definition) is 5. The lowest BCUT2D eigenvalue weighted by atomic mass is 9.55. The molecule has 0 amide bonds. The Morgan fingerprint density at radius 2 is 2.08 bits per heavy atom. The largest absolute Gasteiger partial charge is 0.468 e. The van der Waals surface area contributed by atoms with Gasteiger partial charge < -0.3 is 19.4 Å². The monoisotopic (exact) mass is 346 g/mol. The summed E-state index contributed by atoms with van der Waals surface area (Å²) in [5.74, 6) is 0.265. The van der Waals surface area contributed by atoms with Gasteiger partial charge in [-0.05, 0) is 33.3 Å². The summed E-state index contributed by atoms with van der Waals surface area (Å²) < 4.78 is 11.1. The molecule has 0 saturated heterocycles. The van der Waals surface area contributed by atoms with Crippen LogP contribution in [0.5, 0.6) is 0 Å². The molecule has 1 aromatic heterocycles. The minimum absolute atomic E-state index is 0.405. The van der Waals surface area contributed by atoms with E-state index in [1.54, 1.807) is 13.2 Å². The van der Waals surface area contributed by atoms with Gasteiger partial charge >= 0.3 is 5.97 Å². The third kappa shape index (κ3) is 2.57. The first-order valence-electron chi connectivity index (χ1n) is 8.61. The Kier molecular flexibility index (Phi) is 4.20. The third-order valence-corrected chi connectivity index (χ3v) is 5.86. The molecule has 136 valence electrons. The Morgan fingerprint density at radius 1 is 1.40 bits per heavy atom. The van der Waals surface area contributed by atoms with Gasteiger partial charge in [0.05, 0.1) is 17.8 Å². The number of aliphatic hydroxyl groups excluding tert-OH is 1. The zero-order chi connectivity index (χ0) is 18.6. The van der Waals surface area contributed by atoms with Gasteiger partial charge in [-0.2, -0.15) is 0 Å². The number of carbonyl (C=O) groups is 1. The first-order valence-corrected chi connectivity index (χ1v) is 8.61. The molecule has 0 aliphatic heterocycles. The predicted octanol–water partition coefficient (Wildman–Crippen LogP) is 3.14. The molecule has 0 spiro atoms. The maximum absolute atomic E-state index is 12.1. The molecule has 2 aliphatic carbocycles. The molecule has 5 heteroatoms. The van der Waals surface area contributed by atoms with Crippen LogP contribution in [0.3, 0.4) is 0 Å². The number of ether oxygens (including phenoxy) is 1. The van der Waals surface area contributed by atoms with Gasteiger partial charge in [-0.25, -0.2) is 4.79 Å². The maximum atomic E-state index is 12.1. The molecule has 0 radical (unpaired) electrons. The Morgan fingerprint density at radius 3 is 2.72 bits per heavy atom. The predicted molar refractivity (Wildman–Crippen MR) is 92.9 cm³/mol. The number of carbonyl (C=O) groups excluding carboxylic acids is 1. The molecule has 5 nitrogen and oxygen atoms in total. The minimum atomic E-state index is -1.41. The van der Waals surface area contributed by atoms with Gasteiger partial charge in [0, 0.05) is 24.5 Å². The van der Waals surface area contributed by atoms with E-state index in [0.717, 1.165) is 28.0 Å². The van der Waals surface area contributed by atoms with Crippen LogP contribution >= 0.6 is 0 Å². The maximum Gasteiger partial charge on any atom is 0.331 e. The van der Waals surface area contributed by atoms with E-state index in [9.17, 15) is 15.0 Å². The minimum Gasteiger partial charge on any atom is -0.468 e. The van der Waals surface area contributed by atoms with Crippen molar-refractivity contribution >= 4 is 5.97 Å². The standard InChI is InChI=1S/C20H26O5/c1-11(2)8-16(21)25-15-7-6-13-9-14-17(12(3)10-24-14)18(22)19(13,4)20(15,5)23/h6,8,10,15,18,22-23H,7,9H2,1-5H3/t15-,18+,19+,20+/m0/s1. The highest BCUT2D eigenvalue weighted by Crippen LogP contribution is 2.58. The summed E-state index contributed by atoms with van der Waals surface area (Å²) in [5.41, 5.74) is 0.977. The van der Waals surface area contributed by atoms with Crippen LogP contribution in [0.2, 0.25) is 0 Å². The van der Waals surface area contributed by atoms with Crippen molar-refractivity contribution in [3.05, 3.63) is 46.4 Å². The van der Waals surface area contributed by atoms with E-state index in [1.165, 1.54) is 6.08 Å². The van der Waals surface area contributed by atoms with Gasteiger partial charge in [-0.15, -0.1) is 0 Å². The lowest BCUT2D eigenvalue weighted by molar-refractivity contribution is -0.194. The number of allylic oxidation sites excluding steroid dienone is 1. The number of aryl methyl sites for hydroxylation is 1. The Bertz CT molecular complexity index is 763. The molecular formula is C20H26O5. The number of esters is 1. The molecule has 0 fully saturated rings. The second-order valence-corrected chi connectivity index (χ2v) is 7.80. The fourth-order valence-corrected chi connectivity index (χ4v) is 4.10. The van der Waals surface area contributed by atoms with Crippen molar-refractivity contribution in [2.45, 2.75) is 65.3 Å². The second kappa shape index (κ2) is 5.85. The molecule has 25 heavy (non-hydrogen) atoms. The van der Waals surface area contributed by atoms with Crippen LogP contribution in [-0.2, 0) is 16.0 Å². The molecule has 2 N–H and O–H groups in total. The van der Waals surface area contributed by atoms with E-state index >= 15 is 0 Å². The number of furan rings is 1. The third-order valence-electron chi connectivity index (χ3n) is 5.86. The molecule has 3 rings (SSSR count). The van der Waals surface area contributed by atoms with Gasteiger partial charge in [-0.1, -0.05) is 24.1 Å². The van der Waals surface area contributed by atoms with Crippen molar-refractivity contribution in [1.82, 2.24) is 0 Å². The summed E-state index contributed by atoms with van der Waals surface area (Å²) in [6.07, 6.45) is 4.30. The highest BCUT2D eigenvalue weighted by Gasteiger charge is 2.60. The molecule has 0 aromatic carbocycles. The van der Waals surface area contributed by atoms with Crippen LogP contribution in [0.15, 0.2) is 34.0 Å². The number of fused-ring (bicyclic) bond motifs is 2. The summed E-state index contributed by atoms with van der Waals surface area (Å²) in [4.78, 5) is 12.1. The molecular weight excluding hydrogens is 320 g/mol. The summed E-state index contributed by atoms with van der Waals surface area (Å²) in [6, 6.07) is 0. The molecule has 1 aromatic rings. The van der Waals surface area contributed by atoms with Gasteiger partial charge in [0.15, 0.2) is 0 Å². The summed E-state index contributed by atoms with van der Waals surface area (Å²) in [5, 5.41) is 22.5. The van der Waals surface area contributed by atoms with E-state index in [0.29, 0.717) is 12.8 Å². The van der Waals surface area contributed by atoms with Crippen LogP contribution < -0.4 is 0 Å². The van der Waals surface area contributed by atoms with Crippen LogP contribution in [0.25, 0.3) is 0 Å². The molecule has 2 aliphatic rings. The molecule has 0 unspecified atom stereocenters. The van der Waals surface area contributed by atoms with E-state index in [2.05, 4.69) is 0 Å². The quantitative estimate of drug-likeness (QED) is 0.488. The van der Waals surface area contributed by atoms with Crippen LogP contribution in [0.4, 0.5) is 0 Å². The Labute approximate surface area is 148 Å². The van der Waals surface area contributed by atoms with Crippen molar-refractivity contribution in [2.75, 3.05) is 0 Å². The van der Waals surface area contributed by atoms with Crippen molar-refractivity contribution < 1.29 is 24.2 Å². The van der Waals surface area contributed by atoms with Gasteiger partial charge in [-0.3, -0.25) is 0 Å². The van der Waals surface area contributed by atoms with Gasteiger partial charge in [0.2, 0.25) is 0 Å². The van der Waals surface area contributed by atoms with Crippen molar-refractivity contribution in [1.29, 1.82) is 0 Å². The Balaban J connectivity index is 2.00. The highest BCUT2D eigenvalue weighted by atomic mass is 16.6. The fourth-order valence-electron chi connectivity index (χ4n) is 4.10. The summed E-state index contributed by atoms with van der Waals surface area (Å²) >= 11 is 0. The zero-order valence-electron chi connectivity index (χ0n) is 15.4. The lowest BCUT2D eigenvalue weighted by Gasteiger charge is -2.54. The number of rotatable bonds is 2. The number of aliphatic hydroxyl groups is 2. The fraction of sp³-hybridized carbons (Fsp3) is 0.550. The first-order chi connectivity index (χ1) is 11.6. The first kappa shape index (κ1) is 18.0. The summed E-state index contributed by atoms with van der Waals surface area (Å²) in [7, 11) is 0. The van der Waals surface area contributed by atoms with E-state index in [1.807, 2.05) is 33.8 Å². The Hall–Kier alpha value is -1.85. The molecule has 4 atom stereocenters. The number of hydrogen-bond donors (Lipinski definition) is 2. The topological polar surface area (TPSA) is 79.9 Å².